The molecule has 1 heterocycles. The van der Waals surface area contributed by atoms with E-state index in [4.69, 9.17) is 11.2 Å². The molecule has 0 N–H and O–H groups in total. The fourth-order valence-corrected chi connectivity index (χ4v) is 1.99. The van der Waals surface area contributed by atoms with Gasteiger partial charge < -0.3 is 9.64 Å². The van der Waals surface area contributed by atoms with Crippen molar-refractivity contribution in [2.45, 2.75) is 46.6 Å². The second-order valence-electron chi connectivity index (χ2n) is 7.09. The Balaban J connectivity index is 2.34. The number of amides is 1. The van der Waals surface area contributed by atoms with E-state index in [9.17, 15) is 4.79 Å². The highest BCUT2D eigenvalue weighted by molar-refractivity contribution is 5.68. The maximum absolute atomic E-state index is 11.9. The van der Waals surface area contributed by atoms with Crippen molar-refractivity contribution in [1.82, 2.24) is 9.80 Å². The molecule has 0 radical (unpaired) electrons. The van der Waals surface area contributed by atoms with E-state index in [0.717, 1.165) is 39.1 Å². The molecule has 4 heteroatoms. The van der Waals surface area contributed by atoms with Gasteiger partial charge in [0.25, 0.3) is 0 Å². The summed E-state index contributed by atoms with van der Waals surface area (Å²) in [6.45, 7) is 14.1. The summed E-state index contributed by atoms with van der Waals surface area (Å²) in [6, 6.07) is 0. The Kier molecular flexibility index (Phi) is 5.47. The Morgan fingerprint density at radius 1 is 1.15 bits per heavy atom. The van der Waals surface area contributed by atoms with E-state index >= 15 is 0 Å². The Morgan fingerprint density at radius 2 is 1.70 bits per heavy atom. The first-order valence-corrected chi connectivity index (χ1v) is 7.31. The molecule has 0 unspecified atom stereocenters. The lowest BCUT2D eigenvalue weighted by Gasteiger charge is -2.36. The summed E-state index contributed by atoms with van der Waals surface area (Å²) in [7, 11) is 0. The number of hydrogen-bond donors (Lipinski definition) is 0. The molecule has 0 bridgehead atoms. The number of rotatable bonds is 3. The van der Waals surface area contributed by atoms with Crippen molar-refractivity contribution >= 4 is 6.09 Å². The van der Waals surface area contributed by atoms with Crippen molar-refractivity contribution < 1.29 is 9.53 Å². The third-order valence-electron chi connectivity index (χ3n) is 3.47. The van der Waals surface area contributed by atoms with Crippen molar-refractivity contribution in [3.63, 3.8) is 0 Å². The minimum absolute atomic E-state index is 0.0533. The molecule has 4 nitrogen and oxygen atoms in total. The van der Waals surface area contributed by atoms with Gasteiger partial charge in [0, 0.05) is 31.6 Å². The van der Waals surface area contributed by atoms with Crippen molar-refractivity contribution in [2.24, 2.45) is 5.41 Å². The molecule has 0 atom stereocenters. The van der Waals surface area contributed by atoms with Crippen LogP contribution in [-0.4, -0.2) is 54.2 Å². The summed E-state index contributed by atoms with van der Waals surface area (Å²) in [6.07, 6.45) is 6.28. The normalized spacial score (nSPS) is 17.7. The van der Waals surface area contributed by atoms with E-state index in [0.29, 0.717) is 0 Å². The molecule has 0 aromatic carbocycles. The number of hydrogen-bond acceptors (Lipinski definition) is 3. The van der Waals surface area contributed by atoms with Crippen LogP contribution >= 0.6 is 0 Å². The van der Waals surface area contributed by atoms with Gasteiger partial charge in [-0.25, -0.2) is 4.79 Å². The first-order valence-electron chi connectivity index (χ1n) is 7.31. The van der Waals surface area contributed by atoms with Crippen LogP contribution in [0, 0.1) is 17.8 Å². The summed E-state index contributed by atoms with van der Waals surface area (Å²) < 4.78 is 5.39. The third kappa shape index (κ3) is 5.83. The quantitative estimate of drug-likeness (QED) is 0.745. The van der Waals surface area contributed by atoms with Crippen molar-refractivity contribution in [1.29, 1.82) is 0 Å². The predicted molar refractivity (Wildman–Crippen MR) is 81.5 cm³/mol. The first-order chi connectivity index (χ1) is 9.13. The number of carbonyl (C=O) groups excluding carboxylic acids is 1. The second-order valence-corrected chi connectivity index (χ2v) is 7.09. The lowest BCUT2D eigenvalue weighted by atomic mass is 9.90. The highest BCUT2D eigenvalue weighted by atomic mass is 16.6. The smallest absolute Gasteiger partial charge is 0.410 e. The van der Waals surface area contributed by atoms with Crippen LogP contribution in [0.1, 0.15) is 41.0 Å². The van der Waals surface area contributed by atoms with Gasteiger partial charge in [-0.2, -0.15) is 0 Å². The van der Waals surface area contributed by atoms with Crippen molar-refractivity contribution in [3.05, 3.63) is 0 Å². The minimum atomic E-state index is -0.426. The third-order valence-corrected chi connectivity index (χ3v) is 3.47. The molecular weight excluding hydrogens is 252 g/mol. The van der Waals surface area contributed by atoms with Crippen LogP contribution in [0.3, 0.4) is 0 Å². The maximum Gasteiger partial charge on any atom is 0.410 e. The Hall–Kier alpha value is -1.21. The van der Waals surface area contributed by atoms with Gasteiger partial charge in [0.2, 0.25) is 0 Å². The molecule has 1 aliphatic heterocycles. The molecule has 1 saturated heterocycles. The van der Waals surface area contributed by atoms with Crippen LogP contribution in [0.2, 0.25) is 0 Å². The molecule has 0 saturated carbocycles. The Bertz CT molecular complexity index is 369. The van der Waals surface area contributed by atoms with Crippen LogP contribution in [-0.2, 0) is 4.74 Å². The van der Waals surface area contributed by atoms with Crippen LogP contribution in [0.5, 0.6) is 0 Å². The van der Waals surface area contributed by atoms with Gasteiger partial charge in [0.05, 0.1) is 0 Å². The first kappa shape index (κ1) is 16.8. The lowest BCUT2D eigenvalue weighted by Crippen LogP contribution is -2.50. The van der Waals surface area contributed by atoms with E-state index in [1.165, 1.54) is 0 Å². The van der Waals surface area contributed by atoms with Gasteiger partial charge in [-0.05, 0) is 47.6 Å². The minimum Gasteiger partial charge on any atom is -0.444 e. The number of ether oxygens (including phenoxy) is 1. The largest absolute Gasteiger partial charge is 0.444 e. The zero-order chi connectivity index (χ0) is 15.4. The van der Waals surface area contributed by atoms with Gasteiger partial charge >= 0.3 is 6.09 Å². The SMILES string of the molecule is C#CC(C)(C)CCN1CCN(C(=O)OC(C)(C)C)CC1. The van der Waals surface area contributed by atoms with Crippen LogP contribution < -0.4 is 0 Å². The average molecular weight is 280 g/mol. The van der Waals surface area contributed by atoms with Gasteiger partial charge in [0.1, 0.15) is 5.60 Å². The summed E-state index contributed by atoms with van der Waals surface area (Å²) in [4.78, 5) is 16.1. The molecule has 1 amide bonds. The topological polar surface area (TPSA) is 32.8 Å². The zero-order valence-corrected chi connectivity index (χ0v) is 13.5. The van der Waals surface area contributed by atoms with Gasteiger partial charge in [-0.15, -0.1) is 12.3 Å². The van der Waals surface area contributed by atoms with Crippen LogP contribution in [0.15, 0.2) is 0 Å². The number of piperazine rings is 1. The summed E-state index contributed by atoms with van der Waals surface area (Å²) >= 11 is 0. The molecular formula is C16H28N2O2. The van der Waals surface area contributed by atoms with E-state index in [1.807, 2.05) is 20.8 Å². The number of terminal acetylenes is 1. The molecule has 0 aromatic heterocycles. The molecule has 0 aromatic rings. The number of carbonyl (C=O) groups is 1. The predicted octanol–water partition coefficient (Wildman–Crippen LogP) is 2.59. The van der Waals surface area contributed by atoms with Crippen LogP contribution in [0.25, 0.3) is 0 Å². The maximum atomic E-state index is 11.9. The monoisotopic (exact) mass is 280 g/mol. The molecule has 1 fully saturated rings. The molecule has 20 heavy (non-hydrogen) atoms. The van der Waals surface area contributed by atoms with Crippen LogP contribution in [0.4, 0.5) is 4.79 Å². The standard InChI is InChI=1S/C16H28N2O2/c1-7-16(5,6)8-9-17-10-12-18(13-11-17)14(19)20-15(2,3)4/h1H,8-13H2,2-6H3. The van der Waals surface area contributed by atoms with Crippen molar-refractivity contribution in [3.8, 4) is 12.3 Å². The lowest BCUT2D eigenvalue weighted by molar-refractivity contribution is 0.0140. The second kappa shape index (κ2) is 6.49. The zero-order valence-electron chi connectivity index (χ0n) is 13.5. The van der Waals surface area contributed by atoms with E-state index in [2.05, 4.69) is 24.7 Å². The highest BCUT2D eigenvalue weighted by Crippen LogP contribution is 2.19. The van der Waals surface area contributed by atoms with Gasteiger partial charge in [-0.1, -0.05) is 0 Å². The number of nitrogens with zero attached hydrogens (tertiary/aromatic N) is 2. The average Bonchev–Trinajstić information content (AvgIpc) is 2.35. The highest BCUT2D eigenvalue weighted by Gasteiger charge is 2.26. The summed E-state index contributed by atoms with van der Waals surface area (Å²) in [5.74, 6) is 2.82. The Morgan fingerprint density at radius 3 is 2.15 bits per heavy atom. The van der Waals surface area contributed by atoms with Crippen molar-refractivity contribution in [2.75, 3.05) is 32.7 Å². The molecule has 114 valence electrons. The van der Waals surface area contributed by atoms with Gasteiger partial charge in [0.15, 0.2) is 0 Å². The molecule has 0 aliphatic carbocycles. The van der Waals surface area contributed by atoms with Gasteiger partial charge in [-0.3, -0.25) is 4.90 Å². The van der Waals surface area contributed by atoms with E-state index in [1.54, 1.807) is 4.90 Å². The summed E-state index contributed by atoms with van der Waals surface area (Å²) in [5.41, 5.74) is -0.479. The fraction of sp³-hybridized carbons (Fsp3) is 0.812. The molecule has 1 rings (SSSR count). The Labute approximate surface area is 123 Å². The molecule has 0 spiro atoms. The van der Waals surface area contributed by atoms with E-state index in [-0.39, 0.29) is 11.5 Å². The van der Waals surface area contributed by atoms with E-state index < -0.39 is 5.60 Å². The summed E-state index contributed by atoms with van der Waals surface area (Å²) in [5, 5.41) is 0. The fourth-order valence-electron chi connectivity index (χ4n) is 1.99. The molecule has 1 aliphatic rings.